The van der Waals surface area contributed by atoms with Gasteiger partial charge in [0.25, 0.3) is 0 Å². The molecule has 0 amide bonds. The number of nitrogens with zero attached hydrogens (tertiary/aromatic N) is 1. The third-order valence-electron chi connectivity index (χ3n) is 10.2. The lowest BCUT2D eigenvalue weighted by Gasteiger charge is -2.57. The molecule has 1 heterocycles. The average molecular weight is 538 g/mol. The molecule has 1 saturated heterocycles. The minimum atomic E-state index is -2.84. The quantitative estimate of drug-likeness (QED) is 0.284. The maximum Gasteiger partial charge on any atom is 0.343 e. The molecule has 1 aliphatic heterocycles. The molecule has 0 radical (unpaired) electrons. The van der Waals surface area contributed by atoms with Crippen molar-refractivity contribution in [2.24, 2.45) is 40.4 Å². The van der Waals surface area contributed by atoms with E-state index >= 15 is 0 Å². The van der Waals surface area contributed by atoms with Gasteiger partial charge >= 0.3 is 7.67 Å². The van der Waals surface area contributed by atoms with E-state index < -0.39 is 7.67 Å². The van der Waals surface area contributed by atoms with Crippen LogP contribution >= 0.6 is 30.9 Å². The number of fused-ring (bicyclic) bond motifs is 3. The summed E-state index contributed by atoms with van der Waals surface area (Å²) in [6.45, 7) is 15.3. The molecule has 200 valence electrons. The first-order valence-electron chi connectivity index (χ1n) is 13.9. The first kappa shape index (κ1) is 29.2. The van der Waals surface area contributed by atoms with Crippen molar-refractivity contribution in [1.82, 2.24) is 9.76 Å². The van der Waals surface area contributed by atoms with Crippen LogP contribution in [0.3, 0.4) is 0 Å². The Hall–Kier alpha value is 0.690. The molecule has 1 unspecified atom stereocenters. The summed E-state index contributed by atoms with van der Waals surface area (Å²) < 4.78 is 19.2. The Morgan fingerprint density at radius 1 is 0.941 bits per heavy atom. The van der Waals surface area contributed by atoms with Gasteiger partial charge in [0.1, 0.15) is 0 Å². The molecule has 34 heavy (non-hydrogen) atoms. The number of rotatable bonds is 5. The zero-order valence-electron chi connectivity index (χ0n) is 22.5. The fourth-order valence-electron chi connectivity index (χ4n) is 7.95. The minimum absolute atomic E-state index is 0.423. The van der Waals surface area contributed by atoms with Gasteiger partial charge in [-0.2, -0.15) is 0 Å². The van der Waals surface area contributed by atoms with Gasteiger partial charge in [0.15, 0.2) is 0 Å². The maximum atomic E-state index is 12.2. The summed E-state index contributed by atoms with van der Waals surface area (Å²) >= 11 is 11.2. The Morgan fingerprint density at radius 3 is 2.24 bits per heavy atom. The van der Waals surface area contributed by atoms with Crippen LogP contribution in [0, 0.1) is 40.4 Å². The fraction of sp³-hybridized carbons (Fsp3) is 1.00. The lowest BCUT2D eigenvalue weighted by Crippen LogP contribution is -2.48. The van der Waals surface area contributed by atoms with Crippen molar-refractivity contribution in [1.29, 1.82) is 0 Å². The van der Waals surface area contributed by atoms with Crippen LogP contribution in [0.1, 0.15) is 92.4 Å². The van der Waals surface area contributed by atoms with Crippen molar-refractivity contribution in [2.75, 3.05) is 38.0 Å². The monoisotopic (exact) mass is 536 g/mol. The summed E-state index contributed by atoms with van der Waals surface area (Å²) in [6.07, 6.45) is 12.9. The molecule has 0 aromatic carbocycles. The first-order valence-corrected chi connectivity index (χ1v) is 16.6. The van der Waals surface area contributed by atoms with Crippen LogP contribution in [0.2, 0.25) is 0 Å². The topological polar surface area (TPSA) is 41.6 Å². The predicted octanol–water partition coefficient (Wildman–Crippen LogP) is 8.19. The van der Waals surface area contributed by atoms with Crippen molar-refractivity contribution in [3.63, 3.8) is 0 Å². The Labute approximate surface area is 220 Å². The zero-order valence-corrected chi connectivity index (χ0v) is 24.9. The minimum Gasteiger partial charge on any atom is -0.306 e. The molecule has 4 nitrogen and oxygen atoms in total. The highest BCUT2D eigenvalue weighted by molar-refractivity contribution is 7.54. The average Bonchev–Trinajstić information content (AvgIpc) is 2.78. The summed E-state index contributed by atoms with van der Waals surface area (Å²) in [5.74, 6) is 5.76. The fourth-order valence-corrected chi connectivity index (χ4v) is 10.6. The van der Waals surface area contributed by atoms with Gasteiger partial charge in [0.2, 0.25) is 0 Å². The lowest BCUT2D eigenvalue weighted by atomic mass is 9.48. The molecular weight excluding hydrogens is 486 g/mol. The summed E-state index contributed by atoms with van der Waals surface area (Å²) in [5.41, 5.74) is 1.26. The Balaban J connectivity index is 0.000000204. The van der Waals surface area contributed by atoms with Gasteiger partial charge in [-0.3, -0.25) is 4.57 Å². The van der Waals surface area contributed by atoms with E-state index in [-0.39, 0.29) is 0 Å². The number of nitrogens with one attached hydrogen (secondary N) is 1. The first-order chi connectivity index (χ1) is 16.1. The highest BCUT2D eigenvalue weighted by Crippen LogP contribution is 2.60. The molecule has 4 fully saturated rings. The van der Waals surface area contributed by atoms with E-state index in [1.54, 1.807) is 4.67 Å². The van der Waals surface area contributed by atoms with Gasteiger partial charge in [-0.05, 0) is 78.9 Å². The van der Waals surface area contributed by atoms with Gasteiger partial charge < -0.3 is 4.52 Å². The third-order valence-corrected chi connectivity index (χ3v) is 12.8. The molecule has 4 aliphatic rings. The van der Waals surface area contributed by atoms with E-state index in [1.165, 1.54) is 51.4 Å². The van der Waals surface area contributed by atoms with E-state index in [1.807, 2.05) is 0 Å². The zero-order chi connectivity index (χ0) is 25.0. The van der Waals surface area contributed by atoms with Crippen LogP contribution in [0.25, 0.3) is 0 Å². The van der Waals surface area contributed by atoms with E-state index in [9.17, 15) is 4.57 Å². The van der Waals surface area contributed by atoms with Crippen LogP contribution in [0.5, 0.6) is 0 Å². The van der Waals surface area contributed by atoms with E-state index in [0.29, 0.717) is 42.3 Å². The van der Waals surface area contributed by atoms with Crippen molar-refractivity contribution in [3.8, 4) is 0 Å². The van der Waals surface area contributed by atoms with Gasteiger partial charge in [-0.15, -0.1) is 23.2 Å². The van der Waals surface area contributed by atoms with Crippen LogP contribution in [0.15, 0.2) is 0 Å². The standard InChI is InChI=1S/C20H36.C7H15Cl2N2O2P/c1-14-7-6-11-20(5)12-10-17-15(2)8-9-16(13-18(14)20)19(17,3)4;8-2-5-11(6-3-9)14(12)10-4-1-7-13-14/h14-18H,6-13H2,1-5H3;1-7H2,(H,10,12)/t14-,15-,16+,17+,18-,20+;/m1./s1. The van der Waals surface area contributed by atoms with Crippen molar-refractivity contribution >= 4 is 30.9 Å². The third kappa shape index (κ3) is 6.57. The summed E-state index contributed by atoms with van der Waals surface area (Å²) in [4.78, 5) is 0. The van der Waals surface area contributed by atoms with E-state index in [0.717, 1.165) is 42.6 Å². The van der Waals surface area contributed by atoms with Crippen LogP contribution in [0.4, 0.5) is 0 Å². The molecule has 1 N–H and O–H groups in total. The number of alkyl halides is 2. The Kier molecular flexibility index (Phi) is 10.7. The smallest absolute Gasteiger partial charge is 0.306 e. The largest absolute Gasteiger partial charge is 0.343 e. The Morgan fingerprint density at radius 2 is 1.62 bits per heavy atom. The van der Waals surface area contributed by atoms with Gasteiger partial charge in [0, 0.05) is 31.4 Å². The lowest BCUT2D eigenvalue weighted by molar-refractivity contribution is -0.0692. The molecular formula is C27H51Cl2N2O2P. The second-order valence-corrected chi connectivity index (χ2v) is 15.5. The highest BCUT2D eigenvalue weighted by atomic mass is 35.5. The summed E-state index contributed by atoms with van der Waals surface area (Å²) in [5, 5.41) is 2.91. The van der Waals surface area contributed by atoms with Crippen molar-refractivity contribution in [3.05, 3.63) is 0 Å². The molecule has 2 bridgehead atoms. The van der Waals surface area contributed by atoms with Gasteiger partial charge in [0.05, 0.1) is 6.61 Å². The molecule has 3 saturated carbocycles. The Bertz CT molecular complexity index is 678. The second kappa shape index (κ2) is 12.5. The molecule has 7 atom stereocenters. The van der Waals surface area contributed by atoms with Gasteiger partial charge in [-0.1, -0.05) is 53.9 Å². The molecule has 0 aromatic rings. The van der Waals surface area contributed by atoms with Crippen molar-refractivity contribution < 1.29 is 9.09 Å². The molecule has 7 heteroatoms. The predicted molar refractivity (Wildman–Crippen MR) is 147 cm³/mol. The van der Waals surface area contributed by atoms with E-state index in [4.69, 9.17) is 27.7 Å². The van der Waals surface area contributed by atoms with Gasteiger partial charge in [-0.25, -0.2) is 9.76 Å². The summed E-state index contributed by atoms with van der Waals surface area (Å²) in [6, 6.07) is 0. The van der Waals surface area contributed by atoms with Crippen LogP contribution in [-0.2, 0) is 9.09 Å². The number of hydrogen-bond acceptors (Lipinski definition) is 2. The molecule has 0 aromatic heterocycles. The highest BCUT2D eigenvalue weighted by Gasteiger charge is 2.50. The molecule has 0 spiro atoms. The number of hydrogen-bond donors (Lipinski definition) is 1. The van der Waals surface area contributed by atoms with Crippen LogP contribution in [-0.4, -0.2) is 42.7 Å². The number of halogens is 2. The van der Waals surface area contributed by atoms with E-state index in [2.05, 4.69) is 39.7 Å². The molecule has 4 rings (SSSR count). The molecule has 3 aliphatic carbocycles. The SMILES string of the molecule is C[C@@H]1CCC[C@@]2(C)CC[C@H]3[C@H](C)CC[C@@H](C[C@H]12)C3(C)C.O=P1(N(CCCl)CCCl)NCCCO1. The van der Waals surface area contributed by atoms with Crippen LogP contribution < -0.4 is 5.09 Å². The maximum absolute atomic E-state index is 12.2. The van der Waals surface area contributed by atoms with Crippen molar-refractivity contribution in [2.45, 2.75) is 92.4 Å². The summed E-state index contributed by atoms with van der Waals surface area (Å²) in [7, 11) is -2.84. The second-order valence-electron chi connectivity index (χ2n) is 12.5. The normalized spacial score (nSPS) is 42.1.